The normalized spacial score (nSPS) is 18.8. The molecule has 0 saturated carbocycles. The molecule has 1 aromatic rings. The van der Waals surface area contributed by atoms with Crippen molar-refractivity contribution in [2.75, 3.05) is 18.1 Å². The van der Waals surface area contributed by atoms with E-state index in [9.17, 15) is 4.79 Å². The monoisotopic (exact) mass is 319 g/mol. The zero-order chi connectivity index (χ0) is 16.5. The molecule has 22 heavy (non-hydrogen) atoms. The van der Waals surface area contributed by atoms with Crippen LogP contribution in [0.25, 0.3) is 0 Å². The lowest BCUT2D eigenvalue weighted by Gasteiger charge is -2.41. The molecule has 1 aliphatic heterocycles. The third-order valence-corrected chi connectivity index (χ3v) is 5.12. The zero-order valence-corrected chi connectivity index (χ0v) is 15.9. The molecule has 0 radical (unpaired) electrons. The van der Waals surface area contributed by atoms with Crippen LogP contribution in [0.2, 0.25) is 13.1 Å². The molecule has 0 aliphatic carbocycles. The van der Waals surface area contributed by atoms with Gasteiger partial charge in [0.05, 0.1) is 18.3 Å². The van der Waals surface area contributed by atoms with Gasteiger partial charge in [-0.05, 0) is 37.1 Å². The molecule has 0 fully saturated rings. The summed E-state index contributed by atoms with van der Waals surface area (Å²) in [5.74, 6) is 0.254. The Morgan fingerprint density at radius 2 is 2.00 bits per heavy atom. The number of benzene rings is 1. The number of anilines is 1. The van der Waals surface area contributed by atoms with E-state index < -0.39 is 9.04 Å². The number of hydrogen-bond donors (Lipinski definition) is 0. The van der Waals surface area contributed by atoms with Crippen LogP contribution in [0.15, 0.2) is 18.2 Å². The third-order valence-electron chi connectivity index (χ3n) is 4.26. The summed E-state index contributed by atoms with van der Waals surface area (Å²) < 4.78 is 5.95. The Labute approximate surface area is 136 Å². The second-order valence-corrected chi connectivity index (χ2v) is 9.83. The quantitative estimate of drug-likeness (QED) is 0.791. The van der Waals surface area contributed by atoms with Crippen molar-refractivity contribution < 1.29 is 9.22 Å². The molecule has 1 unspecified atom stereocenters. The van der Waals surface area contributed by atoms with Crippen LogP contribution >= 0.6 is 0 Å². The summed E-state index contributed by atoms with van der Waals surface area (Å²) in [6.07, 6.45) is 0.565. The predicted octanol–water partition coefficient (Wildman–Crippen LogP) is 3.77. The molecule has 4 heteroatoms. The summed E-state index contributed by atoms with van der Waals surface area (Å²) in [7, 11) is -1.07. The van der Waals surface area contributed by atoms with Gasteiger partial charge in [0.2, 0.25) is 0 Å². The average molecular weight is 320 g/mol. The van der Waals surface area contributed by atoms with Crippen molar-refractivity contribution in [3.8, 4) is 0 Å². The van der Waals surface area contributed by atoms with Crippen molar-refractivity contribution in [1.29, 1.82) is 0 Å². The summed E-state index contributed by atoms with van der Waals surface area (Å²) in [5, 5.41) is 0. The topological polar surface area (TPSA) is 29.5 Å². The Kier molecular flexibility index (Phi) is 5.13. The van der Waals surface area contributed by atoms with Crippen LogP contribution in [0.3, 0.4) is 0 Å². The van der Waals surface area contributed by atoms with Gasteiger partial charge < -0.3 is 9.33 Å². The molecule has 0 saturated heterocycles. The SMILES string of the molecule is CCN1c2c(cccc2C(C)(C)C)C(=O)CC1CO[SiH](C)C. The fourth-order valence-corrected chi connectivity index (χ4v) is 3.78. The maximum absolute atomic E-state index is 12.6. The summed E-state index contributed by atoms with van der Waals surface area (Å²) in [6.45, 7) is 14.7. The summed E-state index contributed by atoms with van der Waals surface area (Å²) in [6, 6.07) is 6.32. The van der Waals surface area contributed by atoms with E-state index >= 15 is 0 Å². The van der Waals surface area contributed by atoms with Gasteiger partial charge in [-0.1, -0.05) is 32.9 Å². The van der Waals surface area contributed by atoms with Gasteiger partial charge in [-0.25, -0.2) is 0 Å². The standard InChI is InChI=1S/C18H29NO2Si/c1-7-19-13(12-21-22(5)6)11-16(20)14-9-8-10-15(17(14)19)18(2,3)4/h8-10,13,22H,7,11-12H2,1-6H3. The number of ketones is 1. The zero-order valence-electron chi connectivity index (χ0n) is 14.8. The van der Waals surface area contributed by atoms with Crippen molar-refractivity contribution in [3.63, 3.8) is 0 Å². The maximum atomic E-state index is 12.6. The Morgan fingerprint density at radius 3 is 2.55 bits per heavy atom. The first-order valence-electron chi connectivity index (χ1n) is 8.30. The second-order valence-electron chi connectivity index (χ2n) is 7.40. The average Bonchev–Trinajstić information content (AvgIpc) is 2.43. The first kappa shape index (κ1) is 17.2. The van der Waals surface area contributed by atoms with E-state index in [0.717, 1.165) is 17.8 Å². The molecule has 1 aliphatic rings. The van der Waals surface area contributed by atoms with Crippen molar-refractivity contribution in [2.45, 2.75) is 58.7 Å². The molecule has 2 rings (SSSR count). The van der Waals surface area contributed by atoms with Crippen molar-refractivity contribution >= 4 is 20.5 Å². The van der Waals surface area contributed by atoms with Crippen molar-refractivity contribution in [1.82, 2.24) is 0 Å². The van der Waals surface area contributed by atoms with E-state index in [-0.39, 0.29) is 17.2 Å². The fraction of sp³-hybridized carbons (Fsp3) is 0.611. The van der Waals surface area contributed by atoms with Gasteiger partial charge in [0.15, 0.2) is 14.8 Å². The highest BCUT2D eigenvalue weighted by Gasteiger charge is 2.34. The van der Waals surface area contributed by atoms with E-state index in [1.54, 1.807) is 0 Å². The van der Waals surface area contributed by atoms with E-state index in [4.69, 9.17) is 4.43 Å². The number of likely N-dealkylation sites (N-methyl/N-ethyl adjacent to an activating group) is 1. The Morgan fingerprint density at radius 1 is 1.32 bits per heavy atom. The van der Waals surface area contributed by atoms with Gasteiger partial charge in [0, 0.05) is 18.5 Å². The van der Waals surface area contributed by atoms with Crippen LogP contribution in [0, 0.1) is 0 Å². The first-order chi connectivity index (χ1) is 10.3. The highest BCUT2D eigenvalue weighted by Crippen LogP contribution is 2.39. The van der Waals surface area contributed by atoms with Crippen LogP contribution in [0.1, 0.15) is 50.0 Å². The highest BCUT2D eigenvalue weighted by molar-refractivity contribution is 6.48. The molecule has 0 amide bonds. The van der Waals surface area contributed by atoms with Gasteiger partial charge in [0.25, 0.3) is 0 Å². The molecular formula is C18H29NO2Si. The van der Waals surface area contributed by atoms with Gasteiger partial charge in [-0.2, -0.15) is 0 Å². The maximum Gasteiger partial charge on any atom is 0.170 e. The smallest absolute Gasteiger partial charge is 0.170 e. The fourth-order valence-electron chi connectivity index (χ4n) is 3.17. The van der Waals surface area contributed by atoms with E-state index in [1.165, 1.54) is 5.56 Å². The van der Waals surface area contributed by atoms with Crippen LogP contribution in [-0.4, -0.2) is 34.0 Å². The number of rotatable bonds is 4. The van der Waals surface area contributed by atoms with Gasteiger partial charge in [-0.3, -0.25) is 4.79 Å². The molecule has 3 nitrogen and oxygen atoms in total. The number of carbonyl (C=O) groups excluding carboxylic acids is 1. The second kappa shape index (κ2) is 6.55. The van der Waals surface area contributed by atoms with Crippen molar-refractivity contribution in [3.05, 3.63) is 29.3 Å². The summed E-state index contributed by atoms with van der Waals surface area (Å²) >= 11 is 0. The van der Waals surface area contributed by atoms with Gasteiger partial charge >= 0.3 is 0 Å². The molecule has 0 bridgehead atoms. The molecule has 0 N–H and O–H groups in total. The Balaban J connectivity index is 2.47. The number of carbonyl (C=O) groups is 1. The van der Waals surface area contributed by atoms with E-state index in [2.05, 4.69) is 51.8 Å². The number of nitrogens with zero attached hydrogens (tertiary/aromatic N) is 1. The minimum absolute atomic E-state index is 0.0224. The van der Waals surface area contributed by atoms with Crippen LogP contribution in [-0.2, 0) is 9.84 Å². The summed E-state index contributed by atoms with van der Waals surface area (Å²) in [4.78, 5) is 15.0. The lowest BCUT2D eigenvalue weighted by Crippen LogP contribution is -2.46. The van der Waals surface area contributed by atoms with E-state index in [0.29, 0.717) is 13.0 Å². The third kappa shape index (κ3) is 3.44. The number of hydrogen-bond acceptors (Lipinski definition) is 3. The van der Waals surface area contributed by atoms with Crippen LogP contribution in [0.5, 0.6) is 0 Å². The molecule has 0 spiro atoms. The molecular weight excluding hydrogens is 290 g/mol. The number of Topliss-reactive ketones (excluding diaryl/α,β-unsaturated/α-hetero) is 1. The molecule has 1 heterocycles. The molecule has 1 atom stereocenters. The minimum atomic E-state index is -1.07. The van der Waals surface area contributed by atoms with Gasteiger partial charge in [0.1, 0.15) is 0 Å². The Bertz CT molecular complexity index is 549. The highest BCUT2D eigenvalue weighted by atomic mass is 28.3. The van der Waals surface area contributed by atoms with Crippen molar-refractivity contribution in [2.24, 2.45) is 0 Å². The minimum Gasteiger partial charge on any atom is -0.418 e. The summed E-state index contributed by atoms with van der Waals surface area (Å²) in [5.41, 5.74) is 3.29. The van der Waals surface area contributed by atoms with Crippen LogP contribution in [0.4, 0.5) is 5.69 Å². The first-order valence-corrected chi connectivity index (χ1v) is 11.1. The Hall–Kier alpha value is -1.13. The lowest BCUT2D eigenvalue weighted by molar-refractivity contribution is 0.0953. The molecule has 1 aromatic carbocycles. The largest absolute Gasteiger partial charge is 0.418 e. The van der Waals surface area contributed by atoms with E-state index in [1.807, 2.05) is 12.1 Å². The number of para-hydroxylation sites is 1. The molecule has 122 valence electrons. The van der Waals surface area contributed by atoms with Gasteiger partial charge in [-0.15, -0.1) is 0 Å². The predicted molar refractivity (Wildman–Crippen MR) is 95.7 cm³/mol. The van der Waals surface area contributed by atoms with Crippen LogP contribution < -0.4 is 4.90 Å². The molecule has 0 aromatic heterocycles. The number of fused-ring (bicyclic) bond motifs is 1. The lowest BCUT2D eigenvalue weighted by atomic mass is 9.81.